The largest absolute Gasteiger partial charge is 0.365 e. The van der Waals surface area contributed by atoms with Gasteiger partial charge in [0.2, 0.25) is 5.91 Å². The van der Waals surface area contributed by atoms with E-state index in [9.17, 15) is 14.4 Å². The number of carbonyl (C=O) groups is 2. The van der Waals surface area contributed by atoms with Crippen molar-refractivity contribution in [2.75, 3.05) is 40.3 Å². The Balaban J connectivity index is 1.57. The van der Waals surface area contributed by atoms with Crippen molar-refractivity contribution in [1.82, 2.24) is 24.9 Å². The fourth-order valence-electron chi connectivity index (χ4n) is 4.28. The molecule has 2 aliphatic rings. The maximum absolute atomic E-state index is 12.8. The van der Waals surface area contributed by atoms with E-state index < -0.39 is 6.10 Å². The Labute approximate surface area is 177 Å². The van der Waals surface area contributed by atoms with Crippen molar-refractivity contribution in [2.45, 2.75) is 57.2 Å². The van der Waals surface area contributed by atoms with Gasteiger partial charge in [-0.2, -0.15) is 5.10 Å². The van der Waals surface area contributed by atoms with Crippen LogP contribution in [0.2, 0.25) is 0 Å². The summed E-state index contributed by atoms with van der Waals surface area (Å²) in [5, 5.41) is 7.17. The Morgan fingerprint density at radius 1 is 1.27 bits per heavy atom. The van der Waals surface area contributed by atoms with Gasteiger partial charge in [-0.25, -0.2) is 4.68 Å². The molecule has 1 aromatic heterocycles. The van der Waals surface area contributed by atoms with E-state index in [-0.39, 0.29) is 36.0 Å². The zero-order chi connectivity index (χ0) is 21.7. The van der Waals surface area contributed by atoms with Crippen LogP contribution in [0.4, 0.5) is 0 Å². The Bertz CT molecular complexity index is 816. The fraction of sp³-hybridized carbons (Fsp3) is 0.714. The van der Waals surface area contributed by atoms with Crippen molar-refractivity contribution < 1.29 is 14.3 Å². The topological polar surface area (TPSA) is 96.8 Å². The second kappa shape index (κ2) is 9.70. The number of nitrogens with zero attached hydrogens (tertiary/aromatic N) is 4. The lowest BCUT2D eigenvalue weighted by Crippen LogP contribution is -2.57. The van der Waals surface area contributed by atoms with E-state index in [1.54, 1.807) is 17.9 Å². The third-order valence-corrected chi connectivity index (χ3v) is 6.32. The van der Waals surface area contributed by atoms with Crippen LogP contribution < -0.4 is 10.9 Å². The van der Waals surface area contributed by atoms with Crippen molar-refractivity contribution in [1.29, 1.82) is 0 Å². The third-order valence-electron chi connectivity index (χ3n) is 6.32. The SMILES string of the molecule is Cc1ccc(=O)n(CC(=O)N2CCOC(C(=O)NCC3(N(C)C)CCCCC3)C2)n1. The first-order valence-corrected chi connectivity index (χ1v) is 10.7. The molecular formula is C21H33N5O4. The first-order chi connectivity index (χ1) is 14.3. The second-order valence-electron chi connectivity index (χ2n) is 8.57. The molecule has 0 radical (unpaired) electrons. The number of carbonyl (C=O) groups excluding carboxylic acids is 2. The summed E-state index contributed by atoms with van der Waals surface area (Å²) in [5.74, 6) is -0.432. The average Bonchev–Trinajstić information content (AvgIpc) is 2.75. The highest BCUT2D eigenvalue weighted by atomic mass is 16.5. The van der Waals surface area contributed by atoms with Gasteiger partial charge in [-0.05, 0) is 39.9 Å². The van der Waals surface area contributed by atoms with Crippen LogP contribution in [0.3, 0.4) is 0 Å². The molecule has 1 saturated heterocycles. The Kier molecular flexibility index (Phi) is 7.25. The smallest absolute Gasteiger partial charge is 0.267 e. The van der Waals surface area contributed by atoms with Gasteiger partial charge in [0.1, 0.15) is 6.54 Å². The molecule has 9 nitrogen and oxygen atoms in total. The summed E-state index contributed by atoms with van der Waals surface area (Å²) in [7, 11) is 4.13. The molecule has 166 valence electrons. The molecular weight excluding hydrogens is 386 g/mol. The normalized spacial score (nSPS) is 21.5. The zero-order valence-corrected chi connectivity index (χ0v) is 18.2. The van der Waals surface area contributed by atoms with E-state index in [0.29, 0.717) is 25.4 Å². The maximum atomic E-state index is 12.8. The summed E-state index contributed by atoms with van der Waals surface area (Å²) in [4.78, 5) is 41.2. The number of amides is 2. The van der Waals surface area contributed by atoms with Crippen LogP contribution in [0.25, 0.3) is 0 Å². The van der Waals surface area contributed by atoms with E-state index >= 15 is 0 Å². The van der Waals surface area contributed by atoms with Crippen molar-refractivity contribution >= 4 is 11.8 Å². The van der Waals surface area contributed by atoms with Crippen LogP contribution in [0.1, 0.15) is 37.8 Å². The van der Waals surface area contributed by atoms with Crippen molar-refractivity contribution in [2.24, 2.45) is 0 Å². The number of hydrogen-bond donors (Lipinski definition) is 1. The summed E-state index contributed by atoms with van der Waals surface area (Å²) < 4.78 is 6.80. The molecule has 1 aliphatic heterocycles. The number of aryl methyl sites for hydroxylation is 1. The minimum atomic E-state index is -0.701. The summed E-state index contributed by atoms with van der Waals surface area (Å²) in [6, 6.07) is 3.02. The maximum Gasteiger partial charge on any atom is 0.267 e. The molecule has 1 atom stereocenters. The highest BCUT2D eigenvalue weighted by Crippen LogP contribution is 2.31. The van der Waals surface area contributed by atoms with E-state index in [1.807, 2.05) is 0 Å². The van der Waals surface area contributed by atoms with Gasteiger partial charge in [-0.3, -0.25) is 14.4 Å². The molecule has 0 aromatic carbocycles. The van der Waals surface area contributed by atoms with Crippen LogP contribution in [0.15, 0.2) is 16.9 Å². The summed E-state index contributed by atoms with van der Waals surface area (Å²) in [5.41, 5.74) is 0.327. The first-order valence-electron chi connectivity index (χ1n) is 10.7. The van der Waals surface area contributed by atoms with Gasteiger partial charge in [0.15, 0.2) is 6.10 Å². The van der Waals surface area contributed by atoms with Crippen LogP contribution in [-0.4, -0.2) is 83.4 Å². The molecule has 3 rings (SSSR count). The molecule has 1 aliphatic carbocycles. The van der Waals surface area contributed by atoms with Gasteiger partial charge in [-0.15, -0.1) is 0 Å². The monoisotopic (exact) mass is 419 g/mol. The number of ether oxygens (including phenoxy) is 1. The molecule has 1 N–H and O–H groups in total. The van der Waals surface area contributed by atoms with Crippen molar-refractivity contribution in [3.63, 3.8) is 0 Å². The lowest BCUT2D eigenvalue weighted by Gasteiger charge is -2.43. The standard InChI is InChI=1S/C21H33N5O4/c1-16-7-8-18(27)26(23-16)14-19(28)25-11-12-30-17(13-25)20(29)22-15-21(24(2)3)9-5-4-6-10-21/h7-8,17H,4-6,9-15H2,1-3H3,(H,22,29). The van der Waals surface area contributed by atoms with Crippen molar-refractivity contribution in [3.8, 4) is 0 Å². The molecule has 0 bridgehead atoms. The van der Waals surface area contributed by atoms with Gasteiger partial charge in [0.05, 0.1) is 18.8 Å². The van der Waals surface area contributed by atoms with Gasteiger partial charge in [0, 0.05) is 24.7 Å². The van der Waals surface area contributed by atoms with E-state index in [2.05, 4.69) is 29.4 Å². The lowest BCUT2D eigenvalue weighted by atomic mass is 9.80. The van der Waals surface area contributed by atoms with Gasteiger partial charge in [0.25, 0.3) is 11.5 Å². The molecule has 1 unspecified atom stereocenters. The molecule has 1 aromatic rings. The second-order valence-corrected chi connectivity index (χ2v) is 8.57. The van der Waals surface area contributed by atoms with E-state index in [4.69, 9.17) is 4.74 Å². The Morgan fingerprint density at radius 3 is 2.70 bits per heavy atom. The summed E-state index contributed by atoms with van der Waals surface area (Å²) in [6.07, 6.45) is 5.01. The van der Waals surface area contributed by atoms with Crippen molar-refractivity contribution in [3.05, 3.63) is 28.2 Å². The Hall–Kier alpha value is -2.26. The zero-order valence-electron chi connectivity index (χ0n) is 18.2. The molecule has 30 heavy (non-hydrogen) atoms. The minimum Gasteiger partial charge on any atom is -0.365 e. The fourth-order valence-corrected chi connectivity index (χ4v) is 4.28. The predicted molar refractivity (Wildman–Crippen MR) is 112 cm³/mol. The number of nitrogens with one attached hydrogen (secondary N) is 1. The van der Waals surface area contributed by atoms with Crippen LogP contribution in [-0.2, 0) is 20.9 Å². The number of morpholine rings is 1. The summed E-state index contributed by atoms with van der Waals surface area (Å²) >= 11 is 0. The predicted octanol–water partition coefficient (Wildman–Crippen LogP) is 0.160. The lowest BCUT2D eigenvalue weighted by molar-refractivity contribution is -0.148. The van der Waals surface area contributed by atoms with E-state index in [0.717, 1.165) is 17.5 Å². The Morgan fingerprint density at radius 2 is 2.00 bits per heavy atom. The number of rotatable bonds is 6. The minimum absolute atomic E-state index is 0.0178. The van der Waals surface area contributed by atoms with E-state index in [1.165, 1.54) is 25.3 Å². The third kappa shape index (κ3) is 5.26. The highest BCUT2D eigenvalue weighted by Gasteiger charge is 2.36. The van der Waals surface area contributed by atoms with Crippen LogP contribution in [0.5, 0.6) is 0 Å². The summed E-state index contributed by atoms with van der Waals surface area (Å²) in [6.45, 7) is 3.07. The number of hydrogen-bond acceptors (Lipinski definition) is 6. The van der Waals surface area contributed by atoms with Gasteiger partial charge < -0.3 is 19.9 Å². The first kappa shape index (κ1) is 22.4. The number of likely N-dealkylation sites (N-methyl/N-ethyl adjacent to an activating group) is 1. The molecule has 2 fully saturated rings. The average molecular weight is 420 g/mol. The van der Waals surface area contributed by atoms with Gasteiger partial charge in [-0.1, -0.05) is 19.3 Å². The molecule has 9 heteroatoms. The molecule has 2 amide bonds. The molecule has 2 heterocycles. The number of aromatic nitrogens is 2. The quantitative estimate of drug-likeness (QED) is 0.706. The molecule has 0 spiro atoms. The molecule has 1 saturated carbocycles. The van der Waals surface area contributed by atoms with Crippen LogP contribution >= 0.6 is 0 Å². The van der Waals surface area contributed by atoms with Crippen LogP contribution in [0, 0.1) is 6.92 Å². The van der Waals surface area contributed by atoms with Gasteiger partial charge >= 0.3 is 0 Å². The highest BCUT2D eigenvalue weighted by molar-refractivity contribution is 5.83.